The van der Waals surface area contributed by atoms with E-state index in [4.69, 9.17) is 16.0 Å². The summed E-state index contributed by atoms with van der Waals surface area (Å²) >= 11 is 6.14. The van der Waals surface area contributed by atoms with Crippen LogP contribution in [0.5, 0.6) is 0 Å². The van der Waals surface area contributed by atoms with Gasteiger partial charge in [0.05, 0.1) is 12.0 Å². The van der Waals surface area contributed by atoms with Crippen LogP contribution in [0, 0.1) is 0 Å². The molecule has 4 rings (SSSR count). The Morgan fingerprint density at radius 1 is 1.00 bits per heavy atom. The molecule has 32 heavy (non-hydrogen) atoms. The third-order valence-corrected chi connectivity index (χ3v) is 4.98. The third kappa shape index (κ3) is 4.73. The summed E-state index contributed by atoms with van der Waals surface area (Å²) in [5.41, 5.74) is 2.92. The molecular weight excluding hydrogens is 428 g/mol. The first-order chi connectivity index (χ1) is 15.5. The summed E-state index contributed by atoms with van der Waals surface area (Å²) in [6, 6.07) is 19.5. The third-order valence-electron chi connectivity index (χ3n) is 4.75. The first-order valence-electron chi connectivity index (χ1n) is 10.1. The molecule has 0 aliphatic heterocycles. The van der Waals surface area contributed by atoms with Crippen LogP contribution in [0.1, 0.15) is 33.3 Å². The molecule has 0 saturated carbocycles. The van der Waals surface area contributed by atoms with Gasteiger partial charge in [-0.15, -0.1) is 0 Å². The summed E-state index contributed by atoms with van der Waals surface area (Å²) in [6.45, 7) is 2.67. The summed E-state index contributed by atoms with van der Waals surface area (Å²) in [5, 5.41) is 10.7. The molecule has 2 amide bonds. The maximum atomic E-state index is 12.8. The van der Waals surface area contributed by atoms with Crippen LogP contribution in [0.2, 0.25) is 5.02 Å². The molecule has 162 valence electrons. The van der Waals surface area contributed by atoms with E-state index in [1.807, 2.05) is 25.1 Å². The highest BCUT2D eigenvalue weighted by atomic mass is 35.5. The van der Waals surface area contributed by atoms with Crippen molar-refractivity contribution in [1.82, 2.24) is 20.4 Å². The van der Waals surface area contributed by atoms with Gasteiger partial charge in [-0.2, -0.15) is 5.10 Å². The van der Waals surface area contributed by atoms with E-state index in [2.05, 4.69) is 15.7 Å². The van der Waals surface area contributed by atoms with Crippen LogP contribution in [0.15, 0.2) is 77.4 Å². The topological polar surface area (TPSA) is 89.2 Å². The predicted molar refractivity (Wildman–Crippen MR) is 122 cm³/mol. The molecule has 0 fully saturated rings. The molecular formula is C24H21ClN4O3. The quantitative estimate of drug-likeness (QED) is 0.436. The Bertz CT molecular complexity index is 1250. The maximum absolute atomic E-state index is 12.8. The van der Waals surface area contributed by atoms with E-state index >= 15 is 0 Å². The molecule has 2 aromatic heterocycles. The van der Waals surface area contributed by atoms with E-state index in [1.165, 1.54) is 0 Å². The minimum Gasteiger partial charge on any atom is -0.463 e. The first kappa shape index (κ1) is 21.4. The first-order valence-corrected chi connectivity index (χ1v) is 10.5. The normalized spacial score (nSPS) is 10.7. The molecule has 0 spiro atoms. The van der Waals surface area contributed by atoms with Gasteiger partial charge in [0.1, 0.15) is 5.69 Å². The number of carbonyl (C=O) groups excluding carboxylic acids is 2. The molecule has 0 saturated heterocycles. The lowest BCUT2D eigenvalue weighted by Gasteiger charge is -2.07. The zero-order chi connectivity index (χ0) is 22.5. The Morgan fingerprint density at radius 2 is 1.84 bits per heavy atom. The number of carbonyl (C=O) groups is 2. The molecule has 2 aromatic carbocycles. The van der Waals surface area contributed by atoms with Crippen molar-refractivity contribution in [3.63, 3.8) is 0 Å². The van der Waals surface area contributed by atoms with Crippen LogP contribution < -0.4 is 10.6 Å². The molecule has 4 aromatic rings. The molecule has 7 nitrogen and oxygen atoms in total. The molecule has 0 aliphatic rings. The Morgan fingerprint density at radius 3 is 2.59 bits per heavy atom. The fourth-order valence-electron chi connectivity index (χ4n) is 3.25. The highest BCUT2D eigenvalue weighted by Gasteiger charge is 2.18. The zero-order valence-corrected chi connectivity index (χ0v) is 18.1. The van der Waals surface area contributed by atoms with E-state index in [0.29, 0.717) is 34.3 Å². The Hall–Kier alpha value is -3.84. The van der Waals surface area contributed by atoms with Crippen molar-refractivity contribution in [1.29, 1.82) is 0 Å². The van der Waals surface area contributed by atoms with Gasteiger partial charge in [0.25, 0.3) is 11.8 Å². The molecule has 8 heteroatoms. The van der Waals surface area contributed by atoms with Crippen LogP contribution >= 0.6 is 11.6 Å². The summed E-state index contributed by atoms with van der Waals surface area (Å²) in [4.78, 5) is 24.9. The van der Waals surface area contributed by atoms with Gasteiger partial charge in [0, 0.05) is 29.7 Å². The number of amides is 2. The summed E-state index contributed by atoms with van der Waals surface area (Å²) in [5.74, 6) is 0.0807. The van der Waals surface area contributed by atoms with Crippen molar-refractivity contribution in [2.24, 2.45) is 0 Å². The van der Waals surface area contributed by atoms with Gasteiger partial charge in [0.15, 0.2) is 11.5 Å². The van der Waals surface area contributed by atoms with Gasteiger partial charge in [-0.1, -0.05) is 29.8 Å². The van der Waals surface area contributed by atoms with Gasteiger partial charge in [-0.05, 0) is 55.0 Å². The van der Waals surface area contributed by atoms with Crippen LogP contribution in [0.4, 0.5) is 0 Å². The lowest BCUT2D eigenvalue weighted by molar-refractivity contribution is 0.0943. The van der Waals surface area contributed by atoms with Crippen LogP contribution in [-0.4, -0.2) is 28.1 Å². The smallest absolute Gasteiger partial charge is 0.272 e. The van der Waals surface area contributed by atoms with E-state index in [1.54, 1.807) is 59.5 Å². The molecule has 2 heterocycles. The lowest BCUT2D eigenvalue weighted by Crippen LogP contribution is -2.25. The minimum atomic E-state index is -0.345. The van der Waals surface area contributed by atoms with E-state index in [9.17, 15) is 9.59 Å². The van der Waals surface area contributed by atoms with Gasteiger partial charge < -0.3 is 15.1 Å². The van der Waals surface area contributed by atoms with Crippen LogP contribution in [-0.2, 0) is 6.54 Å². The Kier molecular flexibility index (Phi) is 6.37. The molecule has 0 aliphatic carbocycles. The standard InChI is InChI=1S/C24H21ClN4O3/c1-2-26-23(30)17-7-3-6-16(12-17)15-27-24(31)20-14-21(22-10-5-11-32-22)29(28-20)19-9-4-8-18(25)13-19/h3-14H,2,15H2,1H3,(H,26,30)(H,27,31). The second-order valence-electron chi connectivity index (χ2n) is 7.03. The molecule has 0 unspecified atom stereocenters. The number of furan rings is 1. The van der Waals surface area contributed by atoms with Gasteiger partial charge >= 0.3 is 0 Å². The van der Waals surface area contributed by atoms with Gasteiger partial charge in [-0.3, -0.25) is 9.59 Å². The SMILES string of the molecule is CCNC(=O)c1cccc(CNC(=O)c2cc(-c3ccco3)n(-c3cccc(Cl)c3)n2)c1. The molecule has 0 bridgehead atoms. The lowest BCUT2D eigenvalue weighted by atomic mass is 10.1. The Balaban J connectivity index is 1.56. The summed E-state index contributed by atoms with van der Waals surface area (Å²) < 4.78 is 7.15. The second-order valence-corrected chi connectivity index (χ2v) is 7.46. The summed E-state index contributed by atoms with van der Waals surface area (Å²) in [7, 11) is 0. The van der Waals surface area contributed by atoms with Crippen molar-refractivity contribution in [3.05, 3.63) is 94.8 Å². The van der Waals surface area contributed by atoms with Crippen molar-refractivity contribution in [3.8, 4) is 17.1 Å². The fourth-order valence-corrected chi connectivity index (χ4v) is 3.44. The average molecular weight is 449 g/mol. The highest BCUT2D eigenvalue weighted by Crippen LogP contribution is 2.26. The van der Waals surface area contributed by atoms with E-state index in [0.717, 1.165) is 5.56 Å². The number of hydrogen-bond acceptors (Lipinski definition) is 4. The van der Waals surface area contributed by atoms with Crippen LogP contribution in [0.25, 0.3) is 17.1 Å². The predicted octanol–water partition coefficient (Wildman–Crippen LogP) is 4.47. The maximum Gasteiger partial charge on any atom is 0.272 e. The number of rotatable bonds is 7. The zero-order valence-electron chi connectivity index (χ0n) is 17.3. The van der Waals surface area contributed by atoms with Crippen molar-refractivity contribution in [2.75, 3.05) is 6.54 Å². The highest BCUT2D eigenvalue weighted by molar-refractivity contribution is 6.30. The molecule has 2 N–H and O–H groups in total. The minimum absolute atomic E-state index is 0.149. The molecule has 0 radical (unpaired) electrons. The number of benzene rings is 2. The number of nitrogens with one attached hydrogen (secondary N) is 2. The monoisotopic (exact) mass is 448 g/mol. The number of halogens is 1. The number of hydrogen-bond donors (Lipinski definition) is 2. The van der Waals surface area contributed by atoms with Gasteiger partial charge in [-0.25, -0.2) is 4.68 Å². The van der Waals surface area contributed by atoms with Crippen molar-refractivity contribution in [2.45, 2.75) is 13.5 Å². The van der Waals surface area contributed by atoms with Crippen molar-refractivity contribution >= 4 is 23.4 Å². The van der Waals surface area contributed by atoms with Crippen molar-refractivity contribution < 1.29 is 14.0 Å². The number of nitrogens with zero attached hydrogens (tertiary/aromatic N) is 2. The Labute approximate surface area is 190 Å². The molecule has 0 atom stereocenters. The number of aromatic nitrogens is 2. The second kappa shape index (κ2) is 9.53. The fraction of sp³-hybridized carbons (Fsp3) is 0.125. The van der Waals surface area contributed by atoms with Gasteiger partial charge in [0.2, 0.25) is 0 Å². The average Bonchev–Trinajstić information content (AvgIpc) is 3.48. The summed E-state index contributed by atoms with van der Waals surface area (Å²) in [6.07, 6.45) is 1.56. The van der Waals surface area contributed by atoms with Crippen LogP contribution in [0.3, 0.4) is 0 Å². The van der Waals surface area contributed by atoms with E-state index < -0.39 is 0 Å². The van der Waals surface area contributed by atoms with E-state index in [-0.39, 0.29) is 24.1 Å². The largest absolute Gasteiger partial charge is 0.463 e.